The monoisotopic (exact) mass is 443 g/mol. The molecule has 1 aliphatic rings. The number of H-pyrrole nitrogens is 1. The van der Waals surface area contributed by atoms with Crippen molar-refractivity contribution in [2.45, 2.75) is 37.9 Å². The number of fused-ring (bicyclic) bond motifs is 2. The first-order chi connectivity index (χ1) is 15.3. The maximum Gasteiger partial charge on any atom is 0.395 e. The first-order valence-electron chi connectivity index (χ1n) is 10.6. The number of aromatic nitrogens is 5. The summed E-state index contributed by atoms with van der Waals surface area (Å²) in [6, 6.07) is 3.91. The summed E-state index contributed by atoms with van der Waals surface area (Å²) in [6.07, 6.45) is 4.28. The molecule has 0 aliphatic carbocycles. The number of hydrogen-bond acceptors (Lipinski definition) is 5. The zero-order valence-corrected chi connectivity index (χ0v) is 17.8. The van der Waals surface area contributed by atoms with Gasteiger partial charge in [0.1, 0.15) is 5.65 Å². The molecule has 4 aromatic rings. The number of pyridine rings is 1. The number of anilines is 1. The lowest BCUT2D eigenvalue weighted by Crippen LogP contribution is -2.37. The van der Waals surface area contributed by atoms with E-state index < -0.39 is 12.1 Å². The topological polar surface area (TPSA) is 74.1 Å². The zero-order chi connectivity index (χ0) is 22.5. The molecule has 1 atom stereocenters. The van der Waals surface area contributed by atoms with Crippen LogP contribution in [0.4, 0.5) is 19.1 Å². The van der Waals surface area contributed by atoms with Crippen LogP contribution in [0.25, 0.3) is 27.7 Å². The smallest absolute Gasteiger partial charge is 0.351 e. The maximum atomic E-state index is 13.3. The molecule has 0 spiro atoms. The van der Waals surface area contributed by atoms with Gasteiger partial charge in [0, 0.05) is 41.1 Å². The Bertz CT molecular complexity index is 1250. The molecule has 1 aliphatic heterocycles. The molecule has 4 aromatic heterocycles. The van der Waals surface area contributed by atoms with Gasteiger partial charge in [-0.25, -0.2) is 9.50 Å². The standard InChI is InChI=1S/C22H24F3N7/c1-13(22(23,24)25)16-12-28-32-8-3-14(9-19(16)32)17-10-26-20-18(17)11-27-21(30-20)29-15-4-6-31(2)7-5-15/h3,8-13,15H,4-7H2,1-2H3,(H2,26,27,29,30). The van der Waals surface area contributed by atoms with Crippen LogP contribution in [0.3, 0.4) is 0 Å². The SMILES string of the molecule is CC(c1cnn2ccc(-c3c[nH]c4nc(NC5CCN(C)CC5)ncc34)cc12)C(F)(F)F. The number of rotatable bonds is 4. The molecule has 1 unspecified atom stereocenters. The molecular weight excluding hydrogens is 419 g/mol. The van der Waals surface area contributed by atoms with Gasteiger partial charge in [-0.1, -0.05) is 0 Å². The molecule has 0 radical (unpaired) electrons. The average Bonchev–Trinajstić information content (AvgIpc) is 3.37. The zero-order valence-electron chi connectivity index (χ0n) is 17.8. The second-order valence-electron chi connectivity index (χ2n) is 8.49. The van der Waals surface area contributed by atoms with Crippen molar-refractivity contribution in [2.24, 2.45) is 0 Å². The van der Waals surface area contributed by atoms with Crippen molar-refractivity contribution in [3.8, 4) is 11.1 Å². The predicted octanol–water partition coefficient (Wildman–Crippen LogP) is 4.44. The average molecular weight is 443 g/mol. The summed E-state index contributed by atoms with van der Waals surface area (Å²) in [4.78, 5) is 14.6. The van der Waals surface area contributed by atoms with Gasteiger partial charge in [-0.05, 0) is 57.6 Å². The first-order valence-corrected chi connectivity index (χ1v) is 10.6. The van der Waals surface area contributed by atoms with Gasteiger partial charge in [0.15, 0.2) is 0 Å². The molecule has 10 heteroatoms. The summed E-state index contributed by atoms with van der Waals surface area (Å²) in [5.74, 6) is -1.03. The van der Waals surface area contributed by atoms with Gasteiger partial charge in [-0.2, -0.15) is 23.3 Å². The van der Waals surface area contributed by atoms with E-state index in [1.165, 1.54) is 10.7 Å². The van der Waals surface area contributed by atoms with E-state index in [4.69, 9.17) is 0 Å². The van der Waals surface area contributed by atoms with Crippen LogP contribution >= 0.6 is 0 Å². The second-order valence-corrected chi connectivity index (χ2v) is 8.49. The second kappa shape index (κ2) is 7.77. The summed E-state index contributed by atoms with van der Waals surface area (Å²) in [7, 11) is 2.12. The maximum absolute atomic E-state index is 13.3. The van der Waals surface area contributed by atoms with E-state index >= 15 is 0 Å². The molecule has 2 N–H and O–H groups in total. The van der Waals surface area contributed by atoms with Gasteiger partial charge < -0.3 is 15.2 Å². The molecule has 5 rings (SSSR count). The molecule has 32 heavy (non-hydrogen) atoms. The molecule has 0 bridgehead atoms. The van der Waals surface area contributed by atoms with Gasteiger partial charge in [0.05, 0.1) is 17.6 Å². The lowest BCUT2D eigenvalue weighted by molar-refractivity contribution is -0.146. The summed E-state index contributed by atoms with van der Waals surface area (Å²) in [5, 5.41) is 8.31. The first kappa shape index (κ1) is 20.7. The number of nitrogens with one attached hydrogen (secondary N) is 2. The number of aromatic amines is 1. The van der Waals surface area contributed by atoms with Gasteiger partial charge in [-0.3, -0.25) is 0 Å². The highest BCUT2D eigenvalue weighted by molar-refractivity contribution is 5.94. The fourth-order valence-corrected chi connectivity index (χ4v) is 4.23. The van der Waals surface area contributed by atoms with Gasteiger partial charge in [-0.15, -0.1) is 0 Å². The third-order valence-corrected chi connectivity index (χ3v) is 6.30. The molecular formula is C22H24F3N7. The minimum atomic E-state index is -4.33. The van der Waals surface area contributed by atoms with E-state index in [1.54, 1.807) is 18.5 Å². The number of alkyl halides is 3. The molecule has 0 saturated carbocycles. The number of hydrogen-bond donors (Lipinski definition) is 2. The lowest BCUT2D eigenvalue weighted by Gasteiger charge is -2.29. The molecule has 0 aromatic carbocycles. The molecule has 5 heterocycles. The van der Waals surface area contributed by atoms with Crippen LogP contribution in [0.5, 0.6) is 0 Å². The van der Waals surface area contributed by atoms with Gasteiger partial charge in [0.2, 0.25) is 5.95 Å². The Morgan fingerprint density at radius 3 is 2.75 bits per heavy atom. The quantitative estimate of drug-likeness (QED) is 0.488. The Labute approximate surface area is 182 Å². The number of piperidine rings is 1. The molecule has 0 amide bonds. The highest BCUT2D eigenvalue weighted by Gasteiger charge is 2.38. The van der Waals surface area contributed by atoms with Crippen LogP contribution in [0.1, 0.15) is 31.2 Å². The fraction of sp³-hybridized carbons (Fsp3) is 0.409. The number of halogens is 3. The highest BCUT2D eigenvalue weighted by Crippen LogP contribution is 2.37. The van der Waals surface area contributed by atoms with Crippen LogP contribution in [0.2, 0.25) is 0 Å². The van der Waals surface area contributed by atoms with E-state index in [-0.39, 0.29) is 5.56 Å². The van der Waals surface area contributed by atoms with Crippen LogP contribution in [0.15, 0.2) is 36.9 Å². The fourth-order valence-electron chi connectivity index (χ4n) is 4.23. The van der Waals surface area contributed by atoms with Crippen molar-refractivity contribution in [2.75, 3.05) is 25.5 Å². The Morgan fingerprint density at radius 2 is 2.00 bits per heavy atom. The van der Waals surface area contributed by atoms with Crippen LogP contribution in [0, 0.1) is 0 Å². The Balaban J connectivity index is 1.45. The molecule has 1 fully saturated rings. The Kier molecular flexibility index (Phi) is 5.04. The van der Waals surface area contributed by atoms with Crippen molar-refractivity contribution in [3.63, 3.8) is 0 Å². The van der Waals surface area contributed by atoms with E-state index in [0.29, 0.717) is 23.2 Å². The van der Waals surface area contributed by atoms with Crippen LogP contribution in [-0.2, 0) is 0 Å². The van der Waals surface area contributed by atoms with Crippen molar-refractivity contribution in [1.29, 1.82) is 0 Å². The van der Waals surface area contributed by atoms with Crippen molar-refractivity contribution in [1.82, 2.24) is 29.5 Å². The van der Waals surface area contributed by atoms with Gasteiger partial charge in [0.25, 0.3) is 0 Å². The minimum Gasteiger partial charge on any atom is -0.351 e. The number of likely N-dealkylation sites (tertiary alicyclic amines) is 1. The summed E-state index contributed by atoms with van der Waals surface area (Å²) >= 11 is 0. The largest absolute Gasteiger partial charge is 0.395 e. The third kappa shape index (κ3) is 3.79. The molecule has 7 nitrogen and oxygen atoms in total. The van der Waals surface area contributed by atoms with Crippen molar-refractivity contribution >= 4 is 22.5 Å². The molecule has 168 valence electrons. The van der Waals surface area contributed by atoms with E-state index in [9.17, 15) is 13.2 Å². The highest BCUT2D eigenvalue weighted by atomic mass is 19.4. The third-order valence-electron chi connectivity index (χ3n) is 6.30. The van der Waals surface area contributed by atoms with E-state index in [2.05, 4.69) is 37.3 Å². The van der Waals surface area contributed by atoms with Crippen LogP contribution in [-0.4, -0.2) is 61.8 Å². The number of nitrogens with zero attached hydrogens (tertiary/aromatic N) is 5. The minimum absolute atomic E-state index is 0.153. The summed E-state index contributed by atoms with van der Waals surface area (Å²) in [5.41, 5.74) is 2.88. The van der Waals surface area contributed by atoms with E-state index in [1.807, 2.05) is 12.3 Å². The van der Waals surface area contributed by atoms with Crippen molar-refractivity contribution in [3.05, 3.63) is 42.5 Å². The summed E-state index contributed by atoms with van der Waals surface area (Å²) in [6.45, 7) is 3.24. The van der Waals surface area contributed by atoms with Gasteiger partial charge >= 0.3 is 6.18 Å². The van der Waals surface area contributed by atoms with E-state index in [0.717, 1.165) is 49.4 Å². The summed E-state index contributed by atoms with van der Waals surface area (Å²) < 4.78 is 41.3. The predicted molar refractivity (Wildman–Crippen MR) is 117 cm³/mol. The van der Waals surface area contributed by atoms with Crippen LogP contribution < -0.4 is 5.32 Å². The Hall–Kier alpha value is -3.14. The normalized spacial score (nSPS) is 17.3. The lowest BCUT2D eigenvalue weighted by atomic mass is 10.0. The Morgan fingerprint density at radius 1 is 1.22 bits per heavy atom. The molecule has 1 saturated heterocycles. The van der Waals surface area contributed by atoms with Crippen molar-refractivity contribution < 1.29 is 13.2 Å².